The van der Waals surface area contributed by atoms with Crippen molar-refractivity contribution in [2.45, 2.75) is 19.3 Å². The molecule has 1 N–H and O–H groups in total. The molecule has 0 radical (unpaired) electrons. The van der Waals surface area contributed by atoms with Crippen molar-refractivity contribution in [2.24, 2.45) is 0 Å². The molecule has 0 saturated carbocycles. The maximum atomic E-state index is 11.9. The first kappa shape index (κ1) is 14.5. The molecule has 5 nitrogen and oxygen atoms in total. The average Bonchev–Trinajstić information content (AvgIpc) is 2.56. The first-order valence-electron chi connectivity index (χ1n) is 7.30. The predicted molar refractivity (Wildman–Crippen MR) is 88.9 cm³/mol. The Morgan fingerprint density at radius 3 is 2.59 bits per heavy atom. The lowest BCUT2D eigenvalue weighted by Crippen LogP contribution is -2.32. The fourth-order valence-electron chi connectivity index (χ4n) is 2.58. The number of benzene rings is 1. The van der Waals surface area contributed by atoms with Crippen LogP contribution in [0.2, 0.25) is 0 Å². The summed E-state index contributed by atoms with van der Waals surface area (Å²) < 4.78 is 0. The molecule has 0 aliphatic carbocycles. The molecular formula is C16H16N4OS. The molecule has 1 aliphatic rings. The molecule has 3 rings (SSSR count). The van der Waals surface area contributed by atoms with Crippen LogP contribution >= 0.6 is 11.3 Å². The van der Waals surface area contributed by atoms with Gasteiger partial charge in [0.2, 0.25) is 0 Å². The fraction of sp³-hybridized carbons (Fsp3) is 0.312. The Bertz CT molecular complexity index is 745. The van der Waals surface area contributed by atoms with Gasteiger partial charge in [0, 0.05) is 18.8 Å². The van der Waals surface area contributed by atoms with E-state index in [2.05, 4.69) is 16.4 Å². The van der Waals surface area contributed by atoms with Crippen molar-refractivity contribution in [1.29, 1.82) is 5.26 Å². The summed E-state index contributed by atoms with van der Waals surface area (Å²) in [7, 11) is 0. The SMILES string of the molecule is N#Cc1c(N2CCCCC2)nc(=O)sc1Nc1ccccc1. The number of nitrogens with one attached hydrogen (secondary N) is 1. The summed E-state index contributed by atoms with van der Waals surface area (Å²) in [5.74, 6) is 0.518. The first-order valence-corrected chi connectivity index (χ1v) is 8.12. The number of hydrogen-bond acceptors (Lipinski definition) is 6. The first-order chi connectivity index (χ1) is 10.8. The van der Waals surface area contributed by atoms with Crippen molar-refractivity contribution < 1.29 is 0 Å². The van der Waals surface area contributed by atoms with Gasteiger partial charge in [-0.25, -0.2) is 0 Å². The molecule has 1 aliphatic heterocycles. The van der Waals surface area contributed by atoms with Gasteiger partial charge in [0.1, 0.15) is 16.6 Å². The number of nitriles is 1. The van der Waals surface area contributed by atoms with E-state index in [1.54, 1.807) is 0 Å². The number of hydrogen-bond donors (Lipinski definition) is 1. The minimum Gasteiger partial charge on any atom is -0.355 e. The van der Waals surface area contributed by atoms with Crippen LogP contribution in [-0.4, -0.2) is 18.1 Å². The molecular weight excluding hydrogens is 296 g/mol. The molecule has 0 spiro atoms. The smallest absolute Gasteiger partial charge is 0.330 e. The van der Waals surface area contributed by atoms with E-state index in [4.69, 9.17) is 0 Å². The van der Waals surface area contributed by atoms with Gasteiger partial charge < -0.3 is 10.2 Å². The van der Waals surface area contributed by atoms with E-state index in [9.17, 15) is 10.1 Å². The van der Waals surface area contributed by atoms with Crippen molar-refractivity contribution in [2.75, 3.05) is 23.3 Å². The van der Waals surface area contributed by atoms with Gasteiger partial charge >= 0.3 is 4.87 Å². The molecule has 0 atom stereocenters. The summed E-state index contributed by atoms with van der Waals surface area (Å²) in [5, 5.41) is 13.3. The second-order valence-corrected chi connectivity index (χ2v) is 6.12. The van der Waals surface area contributed by atoms with E-state index in [-0.39, 0.29) is 4.87 Å². The van der Waals surface area contributed by atoms with Crippen LogP contribution in [0.1, 0.15) is 24.8 Å². The molecule has 22 heavy (non-hydrogen) atoms. The van der Waals surface area contributed by atoms with Crippen molar-refractivity contribution in [3.63, 3.8) is 0 Å². The number of piperidine rings is 1. The molecule has 112 valence electrons. The Hall–Kier alpha value is -2.39. The van der Waals surface area contributed by atoms with Crippen LogP contribution in [0, 0.1) is 11.3 Å². The maximum absolute atomic E-state index is 11.9. The summed E-state index contributed by atoms with van der Waals surface area (Å²) >= 11 is 0.975. The monoisotopic (exact) mass is 312 g/mol. The number of nitrogens with zero attached hydrogens (tertiary/aromatic N) is 3. The Kier molecular flexibility index (Phi) is 4.35. The van der Waals surface area contributed by atoms with Crippen molar-refractivity contribution >= 4 is 27.8 Å². The standard InChI is InChI=1S/C16H16N4OS/c17-11-13-14(20-9-5-2-6-10-20)19-16(21)22-15(13)18-12-7-3-1-4-8-12/h1,3-4,7-8,18H,2,5-6,9-10H2. The Labute approximate surface area is 132 Å². The molecule has 2 heterocycles. The minimum atomic E-state index is -0.280. The summed E-state index contributed by atoms with van der Waals surface area (Å²) in [6, 6.07) is 11.8. The molecule has 1 fully saturated rings. The highest BCUT2D eigenvalue weighted by molar-refractivity contribution is 7.13. The highest BCUT2D eigenvalue weighted by Gasteiger charge is 2.20. The van der Waals surface area contributed by atoms with Crippen LogP contribution < -0.4 is 15.1 Å². The Morgan fingerprint density at radius 1 is 1.18 bits per heavy atom. The van der Waals surface area contributed by atoms with Crippen molar-refractivity contribution in [3.05, 3.63) is 45.6 Å². The highest BCUT2D eigenvalue weighted by atomic mass is 32.1. The summed E-state index contributed by atoms with van der Waals surface area (Å²) in [6.45, 7) is 1.70. The van der Waals surface area contributed by atoms with Crippen molar-refractivity contribution in [1.82, 2.24) is 4.98 Å². The molecule has 0 bridgehead atoms. The molecule has 1 saturated heterocycles. The molecule has 1 aromatic heterocycles. The van der Waals surface area contributed by atoms with Gasteiger partial charge in [0.25, 0.3) is 0 Å². The summed E-state index contributed by atoms with van der Waals surface area (Å²) in [6.07, 6.45) is 3.33. The second kappa shape index (κ2) is 6.58. The van der Waals surface area contributed by atoms with Crippen molar-refractivity contribution in [3.8, 4) is 6.07 Å². The lowest BCUT2D eigenvalue weighted by molar-refractivity contribution is 0.573. The molecule has 2 aromatic rings. The van der Waals surface area contributed by atoms with Gasteiger partial charge in [-0.05, 0) is 31.4 Å². The number of para-hydroxylation sites is 1. The van der Waals surface area contributed by atoms with Crippen LogP contribution in [-0.2, 0) is 0 Å². The van der Waals surface area contributed by atoms with Gasteiger partial charge in [-0.1, -0.05) is 29.5 Å². The zero-order chi connectivity index (χ0) is 15.4. The van der Waals surface area contributed by atoms with E-state index in [1.807, 2.05) is 35.2 Å². The van der Waals surface area contributed by atoms with Gasteiger partial charge in [-0.3, -0.25) is 4.79 Å². The maximum Gasteiger partial charge on any atom is 0.330 e. The number of anilines is 3. The van der Waals surface area contributed by atoms with E-state index >= 15 is 0 Å². The molecule has 0 amide bonds. The van der Waals surface area contributed by atoms with Crippen LogP contribution in [0.4, 0.5) is 16.5 Å². The third-order valence-corrected chi connectivity index (χ3v) is 4.41. The summed E-state index contributed by atoms with van der Waals surface area (Å²) in [5.41, 5.74) is 1.31. The van der Waals surface area contributed by atoms with E-state index in [1.165, 1.54) is 6.42 Å². The van der Waals surface area contributed by atoms with Gasteiger partial charge in [0.15, 0.2) is 5.82 Å². The highest BCUT2D eigenvalue weighted by Crippen LogP contribution is 2.30. The lowest BCUT2D eigenvalue weighted by atomic mass is 10.1. The Morgan fingerprint density at radius 2 is 1.91 bits per heavy atom. The van der Waals surface area contributed by atoms with E-state index in [0.29, 0.717) is 16.4 Å². The van der Waals surface area contributed by atoms with E-state index in [0.717, 1.165) is 43.0 Å². The van der Waals surface area contributed by atoms with Gasteiger partial charge in [-0.15, -0.1) is 0 Å². The third kappa shape index (κ3) is 3.10. The quantitative estimate of drug-likeness (QED) is 0.943. The minimum absolute atomic E-state index is 0.280. The van der Waals surface area contributed by atoms with Crippen LogP contribution in [0.15, 0.2) is 35.1 Å². The van der Waals surface area contributed by atoms with Crippen LogP contribution in [0.25, 0.3) is 0 Å². The zero-order valence-electron chi connectivity index (χ0n) is 12.1. The summed E-state index contributed by atoms with van der Waals surface area (Å²) in [4.78, 5) is 17.8. The number of aromatic nitrogens is 1. The molecule has 6 heteroatoms. The van der Waals surface area contributed by atoms with Gasteiger partial charge in [0.05, 0.1) is 0 Å². The van der Waals surface area contributed by atoms with Crippen LogP contribution in [0.5, 0.6) is 0 Å². The third-order valence-electron chi connectivity index (χ3n) is 3.64. The molecule has 0 unspecified atom stereocenters. The molecule has 1 aromatic carbocycles. The Balaban J connectivity index is 2.01. The van der Waals surface area contributed by atoms with Gasteiger partial charge in [-0.2, -0.15) is 10.2 Å². The van der Waals surface area contributed by atoms with Crippen LogP contribution in [0.3, 0.4) is 0 Å². The fourth-order valence-corrected chi connectivity index (χ4v) is 3.30. The predicted octanol–water partition coefficient (Wildman–Crippen LogP) is 3.11. The average molecular weight is 312 g/mol. The largest absolute Gasteiger partial charge is 0.355 e. The second-order valence-electron chi connectivity index (χ2n) is 5.16. The number of rotatable bonds is 3. The normalized spacial score (nSPS) is 14.4. The topological polar surface area (TPSA) is 69.0 Å². The zero-order valence-corrected chi connectivity index (χ0v) is 12.9. The van der Waals surface area contributed by atoms with E-state index < -0.39 is 0 Å². The lowest BCUT2D eigenvalue weighted by Gasteiger charge is -2.28.